The van der Waals surface area contributed by atoms with E-state index in [0.29, 0.717) is 6.54 Å². The minimum atomic E-state index is -0.582. The highest BCUT2D eigenvalue weighted by molar-refractivity contribution is 5.33. The predicted octanol–water partition coefficient (Wildman–Crippen LogP) is 2.24. The summed E-state index contributed by atoms with van der Waals surface area (Å²) in [5.74, 6) is 1.55. The predicted molar refractivity (Wildman–Crippen MR) is 75.4 cm³/mol. The lowest BCUT2D eigenvalue weighted by Crippen LogP contribution is -2.26. The fourth-order valence-corrected chi connectivity index (χ4v) is 1.65. The van der Waals surface area contributed by atoms with E-state index in [4.69, 9.17) is 4.74 Å². The van der Waals surface area contributed by atoms with E-state index in [-0.39, 0.29) is 6.61 Å². The zero-order valence-corrected chi connectivity index (χ0v) is 10.9. The van der Waals surface area contributed by atoms with Gasteiger partial charge in [-0.2, -0.15) is 0 Å². The van der Waals surface area contributed by atoms with Crippen LogP contribution in [0.4, 0.5) is 5.82 Å². The van der Waals surface area contributed by atoms with Gasteiger partial charge in [0.15, 0.2) is 0 Å². The van der Waals surface area contributed by atoms with Crippen LogP contribution in [0.15, 0.2) is 48.7 Å². The monoisotopic (exact) mass is 258 g/mol. The lowest BCUT2D eigenvalue weighted by Gasteiger charge is -2.14. The molecule has 4 nitrogen and oxygen atoms in total. The molecule has 2 N–H and O–H groups in total. The molecule has 0 amide bonds. The van der Waals surface area contributed by atoms with Gasteiger partial charge in [0.05, 0.1) is 0 Å². The fraction of sp³-hybridized carbons (Fsp3) is 0.267. The number of rotatable bonds is 6. The summed E-state index contributed by atoms with van der Waals surface area (Å²) in [6.45, 7) is 2.64. The van der Waals surface area contributed by atoms with E-state index in [1.54, 1.807) is 6.20 Å². The molecule has 1 heterocycles. The van der Waals surface area contributed by atoms with Crippen molar-refractivity contribution in [1.82, 2.24) is 4.98 Å². The molecule has 1 aromatic carbocycles. The molecule has 0 spiro atoms. The van der Waals surface area contributed by atoms with E-state index in [0.717, 1.165) is 17.1 Å². The Labute approximate surface area is 113 Å². The summed E-state index contributed by atoms with van der Waals surface area (Å²) in [7, 11) is 0. The average molecular weight is 258 g/mol. The Balaban J connectivity index is 1.76. The highest BCUT2D eigenvalue weighted by Gasteiger charge is 2.06. The second-order valence-corrected chi connectivity index (χ2v) is 4.33. The van der Waals surface area contributed by atoms with Gasteiger partial charge in [0.25, 0.3) is 0 Å². The van der Waals surface area contributed by atoms with Crippen molar-refractivity contribution < 1.29 is 9.84 Å². The molecule has 0 aliphatic rings. The van der Waals surface area contributed by atoms with Crippen LogP contribution in [0.5, 0.6) is 5.75 Å². The second kappa shape index (κ2) is 6.75. The standard InChI is InChI=1S/C15H18N2O2/c1-12-6-2-3-7-14(12)19-11-13(18)10-17-15-8-4-5-9-16-15/h2-9,13,18H,10-11H2,1H3,(H,16,17)/t13-/m1/s1. The van der Waals surface area contributed by atoms with Crippen LogP contribution in [0, 0.1) is 6.92 Å². The molecule has 4 heteroatoms. The number of aromatic nitrogens is 1. The molecule has 0 fully saturated rings. The number of anilines is 1. The molecule has 2 aromatic rings. The maximum absolute atomic E-state index is 9.85. The summed E-state index contributed by atoms with van der Waals surface area (Å²) < 4.78 is 5.58. The molecule has 0 bridgehead atoms. The van der Waals surface area contributed by atoms with E-state index >= 15 is 0 Å². The van der Waals surface area contributed by atoms with Gasteiger partial charge in [-0.05, 0) is 30.7 Å². The van der Waals surface area contributed by atoms with Gasteiger partial charge in [0, 0.05) is 12.7 Å². The highest BCUT2D eigenvalue weighted by atomic mass is 16.5. The van der Waals surface area contributed by atoms with Gasteiger partial charge in [0.2, 0.25) is 0 Å². The molecule has 19 heavy (non-hydrogen) atoms. The quantitative estimate of drug-likeness (QED) is 0.834. The minimum absolute atomic E-state index is 0.255. The minimum Gasteiger partial charge on any atom is -0.491 e. The molecule has 1 aromatic heterocycles. The maximum Gasteiger partial charge on any atom is 0.125 e. The summed E-state index contributed by atoms with van der Waals surface area (Å²) in [4.78, 5) is 4.12. The van der Waals surface area contributed by atoms with Crippen molar-refractivity contribution in [3.8, 4) is 5.75 Å². The molecule has 100 valence electrons. The Morgan fingerprint density at radius 2 is 2.00 bits per heavy atom. The first kappa shape index (κ1) is 13.4. The van der Waals surface area contributed by atoms with Crippen LogP contribution in [-0.2, 0) is 0 Å². The molecular weight excluding hydrogens is 240 g/mol. The number of pyridine rings is 1. The van der Waals surface area contributed by atoms with Crippen LogP contribution >= 0.6 is 0 Å². The third-order valence-electron chi connectivity index (χ3n) is 2.71. The number of aryl methyl sites for hydroxylation is 1. The first-order valence-electron chi connectivity index (χ1n) is 6.27. The molecule has 0 saturated carbocycles. The Kier molecular flexibility index (Phi) is 4.75. The number of benzene rings is 1. The number of ether oxygens (including phenoxy) is 1. The summed E-state index contributed by atoms with van der Waals surface area (Å²) >= 11 is 0. The van der Waals surface area contributed by atoms with Crippen molar-refractivity contribution in [2.45, 2.75) is 13.0 Å². The lowest BCUT2D eigenvalue weighted by atomic mass is 10.2. The normalized spacial score (nSPS) is 11.9. The smallest absolute Gasteiger partial charge is 0.125 e. The molecule has 2 rings (SSSR count). The fourth-order valence-electron chi connectivity index (χ4n) is 1.65. The second-order valence-electron chi connectivity index (χ2n) is 4.33. The third kappa shape index (κ3) is 4.26. The average Bonchev–Trinajstić information content (AvgIpc) is 2.45. The van der Waals surface area contributed by atoms with Crippen molar-refractivity contribution >= 4 is 5.82 Å². The van der Waals surface area contributed by atoms with Gasteiger partial charge in [0.1, 0.15) is 24.3 Å². The number of para-hydroxylation sites is 1. The molecule has 0 unspecified atom stereocenters. The van der Waals surface area contributed by atoms with E-state index in [2.05, 4.69) is 10.3 Å². The molecular formula is C15H18N2O2. The number of nitrogens with one attached hydrogen (secondary N) is 1. The van der Waals surface area contributed by atoms with Crippen molar-refractivity contribution in [1.29, 1.82) is 0 Å². The van der Waals surface area contributed by atoms with Gasteiger partial charge in [-0.3, -0.25) is 0 Å². The van der Waals surface area contributed by atoms with E-state index < -0.39 is 6.10 Å². The summed E-state index contributed by atoms with van der Waals surface area (Å²) in [6.07, 6.45) is 1.13. The zero-order valence-electron chi connectivity index (χ0n) is 10.9. The summed E-state index contributed by atoms with van der Waals surface area (Å²) in [5.41, 5.74) is 1.06. The van der Waals surface area contributed by atoms with Gasteiger partial charge in [-0.15, -0.1) is 0 Å². The molecule has 0 radical (unpaired) electrons. The number of nitrogens with zero attached hydrogens (tertiary/aromatic N) is 1. The van der Waals surface area contributed by atoms with Crippen molar-refractivity contribution in [3.63, 3.8) is 0 Å². The third-order valence-corrected chi connectivity index (χ3v) is 2.71. The van der Waals surface area contributed by atoms with Crippen LogP contribution in [0.1, 0.15) is 5.56 Å². The van der Waals surface area contributed by atoms with Crippen LogP contribution < -0.4 is 10.1 Å². The van der Waals surface area contributed by atoms with Gasteiger partial charge < -0.3 is 15.2 Å². The Hall–Kier alpha value is -2.07. The summed E-state index contributed by atoms with van der Waals surface area (Å²) in [6, 6.07) is 13.4. The summed E-state index contributed by atoms with van der Waals surface area (Å²) in [5, 5.41) is 12.9. The van der Waals surface area contributed by atoms with Crippen molar-refractivity contribution in [2.24, 2.45) is 0 Å². The SMILES string of the molecule is Cc1ccccc1OC[C@H](O)CNc1ccccn1. The van der Waals surface area contributed by atoms with Crippen LogP contribution in [0.2, 0.25) is 0 Å². The van der Waals surface area contributed by atoms with E-state index in [1.165, 1.54) is 0 Å². The number of hydrogen-bond acceptors (Lipinski definition) is 4. The molecule has 0 aliphatic heterocycles. The number of aliphatic hydroxyl groups excluding tert-OH is 1. The number of aliphatic hydroxyl groups is 1. The van der Waals surface area contributed by atoms with E-state index in [1.807, 2.05) is 49.4 Å². The number of hydrogen-bond donors (Lipinski definition) is 2. The van der Waals surface area contributed by atoms with Crippen molar-refractivity contribution in [3.05, 3.63) is 54.2 Å². The van der Waals surface area contributed by atoms with Crippen molar-refractivity contribution in [2.75, 3.05) is 18.5 Å². The maximum atomic E-state index is 9.85. The van der Waals surface area contributed by atoms with Crippen LogP contribution in [-0.4, -0.2) is 29.3 Å². The molecule has 0 aliphatic carbocycles. The first-order chi connectivity index (χ1) is 9.25. The van der Waals surface area contributed by atoms with Gasteiger partial charge in [-0.25, -0.2) is 4.98 Å². The highest BCUT2D eigenvalue weighted by Crippen LogP contribution is 2.16. The molecule has 1 atom stereocenters. The van der Waals surface area contributed by atoms with Gasteiger partial charge >= 0.3 is 0 Å². The zero-order chi connectivity index (χ0) is 13.5. The van der Waals surface area contributed by atoms with E-state index in [9.17, 15) is 5.11 Å². The first-order valence-corrected chi connectivity index (χ1v) is 6.27. The van der Waals surface area contributed by atoms with Gasteiger partial charge in [-0.1, -0.05) is 24.3 Å². The Morgan fingerprint density at radius 1 is 1.21 bits per heavy atom. The molecule has 0 saturated heterocycles. The van der Waals surface area contributed by atoms with Crippen LogP contribution in [0.3, 0.4) is 0 Å². The Bertz CT molecular complexity index is 503. The topological polar surface area (TPSA) is 54.4 Å². The lowest BCUT2D eigenvalue weighted by molar-refractivity contribution is 0.117. The van der Waals surface area contributed by atoms with Crippen LogP contribution in [0.25, 0.3) is 0 Å². The largest absolute Gasteiger partial charge is 0.491 e. The Morgan fingerprint density at radius 3 is 2.74 bits per heavy atom.